The lowest BCUT2D eigenvalue weighted by atomic mass is 9.86. The maximum atomic E-state index is 14.1. The first kappa shape index (κ1) is 35.7. The predicted octanol–water partition coefficient (Wildman–Crippen LogP) is 2.67. The molecule has 4 N–H and O–H groups in total. The Bertz CT molecular complexity index is 1550. The molecular formula is C34H44N6O6S2. The van der Waals surface area contributed by atoms with E-state index in [2.05, 4.69) is 20.9 Å². The Labute approximate surface area is 288 Å². The molecule has 1 fully saturated rings. The fraction of sp³-hybridized carbons (Fsp3) is 0.559. The zero-order chi connectivity index (χ0) is 34.5. The number of aliphatic hydroxyl groups excluding tert-OH is 1. The fourth-order valence-corrected chi connectivity index (χ4v) is 8.45. The van der Waals surface area contributed by atoms with Gasteiger partial charge in [0.1, 0.15) is 34.9 Å². The van der Waals surface area contributed by atoms with Crippen LogP contribution in [0.4, 0.5) is 0 Å². The number of carbonyl (C=O) groups is 5. The van der Waals surface area contributed by atoms with E-state index in [9.17, 15) is 29.1 Å². The molecule has 0 radical (unpaired) electrons. The van der Waals surface area contributed by atoms with E-state index >= 15 is 0 Å². The number of thioether (sulfide) groups is 1. The number of hydrogen-bond acceptors (Lipinski definition) is 10. The van der Waals surface area contributed by atoms with Gasteiger partial charge < -0.3 is 26.0 Å². The van der Waals surface area contributed by atoms with Gasteiger partial charge in [-0.05, 0) is 38.2 Å². The molecule has 1 aromatic carbocycles. The number of benzene rings is 1. The number of hydrogen-bond donors (Lipinski definition) is 4. The second-order valence-electron chi connectivity index (χ2n) is 12.9. The van der Waals surface area contributed by atoms with Crippen molar-refractivity contribution in [3.8, 4) is 0 Å². The highest BCUT2D eigenvalue weighted by molar-refractivity contribution is 8.14. The van der Waals surface area contributed by atoms with Gasteiger partial charge in [-0.2, -0.15) is 0 Å². The van der Waals surface area contributed by atoms with Crippen LogP contribution in [0.15, 0.2) is 40.7 Å². The summed E-state index contributed by atoms with van der Waals surface area (Å²) in [6, 6.07) is 5.06. The molecule has 48 heavy (non-hydrogen) atoms. The molecule has 4 heterocycles. The van der Waals surface area contributed by atoms with Crippen LogP contribution in [0.2, 0.25) is 0 Å². The number of rotatable bonds is 5. The summed E-state index contributed by atoms with van der Waals surface area (Å²) < 4.78 is 0. The largest absolute Gasteiger partial charge is 0.391 e. The molecule has 1 aromatic heterocycles. The minimum Gasteiger partial charge on any atom is -0.391 e. The first-order valence-electron chi connectivity index (χ1n) is 16.6. The van der Waals surface area contributed by atoms with Crippen molar-refractivity contribution in [2.24, 2.45) is 16.8 Å². The molecule has 3 aliphatic heterocycles. The molecule has 2 aromatic rings. The van der Waals surface area contributed by atoms with Gasteiger partial charge in [0, 0.05) is 36.4 Å². The average Bonchev–Trinajstić information content (AvgIpc) is 3.86. The lowest BCUT2D eigenvalue weighted by molar-refractivity contribution is -0.141. The molecule has 0 spiro atoms. The topological polar surface area (TPSA) is 170 Å². The monoisotopic (exact) mass is 696 g/mol. The number of aromatic nitrogens is 1. The van der Waals surface area contributed by atoms with Gasteiger partial charge in [-0.25, -0.2) is 4.98 Å². The summed E-state index contributed by atoms with van der Waals surface area (Å²) in [4.78, 5) is 79.2. The van der Waals surface area contributed by atoms with Crippen molar-refractivity contribution in [2.45, 2.75) is 96.1 Å². The van der Waals surface area contributed by atoms with E-state index in [1.165, 1.54) is 34.9 Å². The number of ketones is 1. The van der Waals surface area contributed by atoms with Gasteiger partial charge in [0.2, 0.25) is 17.7 Å². The van der Waals surface area contributed by atoms with Crippen LogP contribution in [-0.2, 0) is 25.6 Å². The van der Waals surface area contributed by atoms with E-state index < -0.39 is 54.0 Å². The van der Waals surface area contributed by atoms with E-state index in [0.717, 1.165) is 12.0 Å². The summed E-state index contributed by atoms with van der Waals surface area (Å²) in [7, 11) is 0. The number of amides is 4. The standard InChI is InChI=1S/C34H44N6O6S2/c1-5-18(2)22-15-27(42)28(20(4)41)39-31(45)26-12-9-13-40(26)34(46)23(14-21-10-7-6-8-11-21)36-30(44)25-16-47-32(37-25)19(3)35-29(43)24-17-48-33(22)38-24/h6-8,10-11,16,18-20,22-24,26,28,41H,5,9,12-15,17H2,1-4H3,(H,35,43)(H,36,44)(H,39,45)/t18?,19-,20-,22-,23+,24+,26?,28+/m1/s1. The van der Waals surface area contributed by atoms with Gasteiger partial charge >= 0.3 is 0 Å². The molecule has 0 aliphatic carbocycles. The van der Waals surface area contributed by atoms with Crippen LogP contribution in [0.3, 0.4) is 0 Å². The summed E-state index contributed by atoms with van der Waals surface area (Å²) in [6.45, 7) is 7.59. The highest BCUT2D eigenvalue weighted by atomic mass is 32.2. The zero-order valence-electron chi connectivity index (χ0n) is 27.7. The Morgan fingerprint density at radius 3 is 2.50 bits per heavy atom. The molecule has 8 atom stereocenters. The minimum atomic E-state index is -1.19. The van der Waals surface area contributed by atoms with Crippen molar-refractivity contribution in [1.29, 1.82) is 0 Å². The molecular weight excluding hydrogens is 653 g/mol. The summed E-state index contributed by atoms with van der Waals surface area (Å²) in [5, 5.41) is 22.1. The lowest BCUT2D eigenvalue weighted by Gasteiger charge is -2.31. The van der Waals surface area contributed by atoms with Crippen LogP contribution in [0.25, 0.3) is 0 Å². The number of Topliss-reactive ketones (excluding diaryl/α,β-unsaturated/α-hetero) is 1. The molecule has 5 rings (SSSR count). The zero-order valence-corrected chi connectivity index (χ0v) is 29.3. The number of nitrogens with zero attached hydrogens (tertiary/aromatic N) is 3. The number of fused-ring (bicyclic) bond motifs is 4. The van der Waals surface area contributed by atoms with Gasteiger partial charge in [0.15, 0.2) is 5.78 Å². The molecule has 2 unspecified atom stereocenters. The quantitative estimate of drug-likeness (QED) is 0.370. The van der Waals surface area contributed by atoms with Crippen LogP contribution in [0, 0.1) is 11.8 Å². The highest BCUT2D eigenvalue weighted by Crippen LogP contribution is 2.33. The van der Waals surface area contributed by atoms with E-state index in [4.69, 9.17) is 4.99 Å². The first-order valence-corrected chi connectivity index (χ1v) is 18.5. The van der Waals surface area contributed by atoms with Crippen LogP contribution in [-0.4, -0.2) is 92.0 Å². The maximum absolute atomic E-state index is 14.1. The Kier molecular flexibility index (Phi) is 11.7. The highest BCUT2D eigenvalue weighted by Gasteiger charge is 2.41. The molecule has 4 amide bonds. The van der Waals surface area contributed by atoms with Crippen molar-refractivity contribution in [1.82, 2.24) is 25.8 Å². The van der Waals surface area contributed by atoms with E-state index in [1.807, 2.05) is 44.2 Å². The Balaban J connectivity index is 1.50. The van der Waals surface area contributed by atoms with Crippen molar-refractivity contribution in [3.05, 3.63) is 52.0 Å². The summed E-state index contributed by atoms with van der Waals surface area (Å²) in [6.07, 6.45) is 0.742. The van der Waals surface area contributed by atoms with Crippen LogP contribution in [0.5, 0.6) is 0 Å². The van der Waals surface area contributed by atoms with Crippen molar-refractivity contribution >= 4 is 57.6 Å². The predicted molar refractivity (Wildman–Crippen MR) is 185 cm³/mol. The third-order valence-electron chi connectivity index (χ3n) is 9.38. The second kappa shape index (κ2) is 15.7. The summed E-state index contributed by atoms with van der Waals surface area (Å²) in [5.74, 6) is -1.95. The van der Waals surface area contributed by atoms with Gasteiger partial charge in [-0.15, -0.1) is 23.1 Å². The fourth-order valence-electron chi connectivity index (χ4n) is 6.36. The number of thiazole rings is 1. The van der Waals surface area contributed by atoms with Gasteiger partial charge in [-0.1, -0.05) is 50.6 Å². The van der Waals surface area contributed by atoms with Crippen molar-refractivity contribution < 1.29 is 29.1 Å². The Hall–Kier alpha value is -3.62. The third-order valence-corrected chi connectivity index (χ3v) is 11.6. The maximum Gasteiger partial charge on any atom is 0.271 e. The van der Waals surface area contributed by atoms with Crippen molar-refractivity contribution in [2.75, 3.05) is 12.3 Å². The SMILES string of the molecule is CCC(C)[C@H]1CC(=O)[C@H]([C@@H](C)O)NC(=O)C2CCCN2C(=O)[C@H](Cc2ccccc2)NC(=O)c2csc(n2)[C@@H](C)NC(=O)[C@@H]2CSC1=N2. The van der Waals surface area contributed by atoms with Gasteiger partial charge in [0.25, 0.3) is 5.91 Å². The van der Waals surface area contributed by atoms with Gasteiger partial charge in [0.05, 0.1) is 17.2 Å². The molecule has 0 saturated carbocycles. The normalized spacial score (nSPS) is 28.8. The number of nitrogens with one attached hydrogen (secondary N) is 3. The van der Waals surface area contributed by atoms with E-state index in [0.29, 0.717) is 35.2 Å². The third kappa shape index (κ3) is 8.15. The van der Waals surface area contributed by atoms with Crippen molar-refractivity contribution in [3.63, 3.8) is 0 Å². The molecule has 1 saturated heterocycles. The smallest absolute Gasteiger partial charge is 0.271 e. The average molecular weight is 697 g/mol. The van der Waals surface area contributed by atoms with E-state index in [1.54, 1.807) is 12.3 Å². The second-order valence-corrected chi connectivity index (χ2v) is 14.8. The number of aliphatic hydroxyl groups is 1. The first-order chi connectivity index (χ1) is 23.0. The van der Waals surface area contributed by atoms with Gasteiger partial charge in [-0.3, -0.25) is 29.0 Å². The molecule has 3 aliphatic rings. The Morgan fingerprint density at radius 2 is 1.79 bits per heavy atom. The summed E-state index contributed by atoms with van der Waals surface area (Å²) >= 11 is 2.68. The number of aliphatic imine (C=N–C) groups is 1. The van der Waals surface area contributed by atoms with Crippen LogP contribution < -0.4 is 16.0 Å². The van der Waals surface area contributed by atoms with Crippen LogP contribution in [0.1, 0.15) is 80.5 Å². The minimum absolute atomic E-state index is 0.0296. The molecule has 14 heteroatoms. The Morgan fingerprint density at radius 1 is 1.04 bits per heavy atom. The lowest BCUT2D eigenvalue weighted by Crippen LogP contribution is -2.57. The summed E-state index contributed by atoms with van der Waals surface area (Å²) in [5.41, 5.74) is 0.943. The molecule has 4 bridgehead atoms. The van der Waals surface area contributed by atoms with Crippen LogP contribution >= 0.6 is 23.1 Å². The molecule has 12 nitrogen and oxygen atoms in total. The number of carbonyl (C=O) groups excluding carboxylic acids is 5. The molecule has 258 valence electrons. The van der Waals surface area contributed by atoms with E-state index in [-0.39, 0.29) is 42.1 Å².